The Morgan fingerprint density at radius 2 is 2.24 bits per heavy atom. The molecule has 2 aromatic heterocycles. The highest BCUT2D eigenvalue weighted by Gasteiger charge is 2.08. The van der Waals surface area contributed by atoms with Gasteiger partial charge >= 0.3 is 0 Å². The molecule has 0 atom stereocenters. The molecule has 0 bridgehead atoms. The van der Waals surface area contributed by atoms with Gasteiger partial charge in [0, 0.05) is 36.7 Å². The molecule has 2 aromatic rings. The number of carbonyl (C=O) groups excluding carboxylic acids is 1. The van der Waals surface area contributed by atoms with Gasteiger partial charge in [0.1, 0.15) is 11.0 Å². The fourth-order valence-corrected chi connectivity index (χ4v) is 2.28. The summed E-state index contributed by atoms with van der Waals surface area (Å²) in [6, 6.07) is 3.37. The second kappa shape index (κ2) is 7.22. The summed E-state index contributed by atoms with van der Waals surface area (Å²) in [6.07, 6.45) is 5.32. The number of carbonyl (C=O) groups is 1. The first-order valence-corrected chi connectivity index (χ1v) is 7.40. The monoisotopic (exact) mass is 306 g/mol. The van der Waals surface area contributed by atoms with Crippen LogP contribution in [0.25, 0.3) is 0 Å². The maximum absolute atomic E-state index is 12.1. The lowest BCUT2D eigenvalue weighted by Gasteiger charge is -2.08. The van der Waals surface area contributed by atoms with Crippen LogP contribution in [0.3, 0.4) is 0 Å². The molecule has 0 spiro atoms. The Balaban J connectivity index is 1.84. The Labute approximate surface area is 129 Å². The van der Waals surface area contributed by atoms with Crippen LogP contribution in [0.2, 0.25) is 5.15 Å². The molecule has 5 nitrogen and oxygen atoms in total. The molecule has 0 aliphatic heterocycles. The number of nitrogens with zero attached hydrogens (tertiary/aromatic N) is 3. The molecule has 6 heteroatoms. The van der Waals surface area contributed by atoms with Crippen molar-refractivity contribution in [3.05, 3.63) is 46.8 Å². The van der Waals surface area contributed by atoms with Gasteiger partial charge in [-0.05, 0) is 31.9 Å². The standard InChI is InChI=1S/C15H19ClN4O/c1-3-13-9-12(10-14(16)19-13)15(21)18-5-4-7-20-8-6-17-11(20)2/h6,8-10H,3-5,7H2,1-2H3,(H,18,21). The Kier molecular flexibility index (Phi) is 5.33. The number of rotatable bonds is 6. The number of aryl methyl sites for hydroxylation is 3. The Morgan fingerprint density at radius 1 is 1.43 bits per heavy atom. The van der Waals surface area contributed by atoms with Crippen molar-refractivity contribution in [1.82, 2.24) is 19.9 Å². The van der Waals surface area contributed by atoms with Crippen LogP contribution in [0, 0.1) is 6.92 Å². The lowest BCUT2D eigenvalue weighted by atomic mass is 10.2. The number of nitrogens with one attached hydrogen (secondary N) is 1. The highest BCUT2D eigenvalue weighted by Crippen LogP contribution is 2.11. The molecule has 0 aliphatic rings. The van der Waals surface area contributed by atoms with Gasteiger partial charge in [-0.1, -0.05) is 18.5 Å². The molecule has 0 aliphatic carbocycles. The Morgan fingerprint density at radius 3 is 2.90 bits per heavy atom. The van der Waals surface area contributed by atoms with Crippen molar-refractivity contribution in [2.45, 2.75) is 33.2 Å². The quantitative estimate of drug-likeness (QED) is 0.659. The number of pyridine rings is 1. The first-order valence-electron chi connectivity index (χ1n) is 7.02. The van der Waals surface area contributed by atoms with Crippen LogP contribution < -0.4 is 5.32 Å². The van der Waals surface area contributed by atoms with E-state index in [9.17, 15) is 4.79 Å². The van der Waals surface area contributed by atoms with E-state index in [1.54, 1.807) is 18.3 Å². The van der Waals surface area contributed by atoms with Crippen LogP contribution in [-0.2, 0) is 13.0 Å². The van der Waals surface area contributed by atoms with E-state index in [0.717, 1.165) is 30.9 Å². The van der Waals surface area contributed by atoms with Gasteiger partial charge in [-0.15, -0.1) is 0 Å². The molecule has 2 heterocycles. The largest absolute Gasteiger partial charge is 0.352 e. The molecular formula is C15H19ClN4O. The summed E-state index contributed by atoms with van der Waals surface area (Å²) >= 11 is 5.92. The summed E-state index contributed by atoms with van der Waals surface area (Å²) in [5.74, 6) is 0.867. The molecule has 0 saturated heterocycles. The van der Waals surface area contributed by atoms with Crippen LogP contribution in [0.1, 0.15) is 35.2 Å². The van der Waals surface area contributed by atoms with Gasteiger partial charge in [-0.2, -0.15) is 0 Å². The van der Waals surface area contributed by atoms with Crippen LogP contribution in [0.15, 0.2) is 24.5 Å². The average Bonchev–Trinajstić information content (AvgIpc) is 2.88. The third kappa shape index (κ3) is 4.29. The van der Waals surface area contributed by atoms with E-state index < -0.39 is 0 Å². The van der Waals surface area contributed by atoms with Crippen LogP contribution in [0.4, 0.5) is 0 Å². The van der Waals surface area contributed by atoms with Gasteiger partial charge in [0.05, 0.1) is 0 Å². The van der Waals surface area contributed by atoms with E-state index in [-0.39, 0.29) is 5.91 Å². The lowest BCUT2D eigenvalue weighted by Crippen LogP contribution is -2.25. The predicted octanol–water partition coefficient (Wildman–Crippen LogP) is 2.62. The summed E-state index contributed by atoms with van der Waals surface area (Å²) in [4.78, 5) is 20.4. The average molecular weight is 307 g/mol. The number of imidazole rings is 1. The van der Waals surface area contributed by atoms with Crippen molar-refractivity contribution in [2.75, 3.05) is 6.54 Å². The minimum Gasteiger partial charge on any atom is -0.352 e. The van der Waals surface area contributed by atoms with E-state index >= 15 is 0 Å². The third-order valence-electron chi connectivity index (χ3n) is 3.26. The maximum Gasteiger partial charge on any atom is 0.251 e. The van der Waals surface area contributed by atoms with Gasteiger partial charge in [0.15, 0.2) is 0 Å². The summed E-state index contributed by atoms with van der Waals surface area (Å²) in [7, 11) is 0. The fraction of sp³-hybridized carbons (Fsp3) is 0.400. The fourth-order valence-electron chi connectivity index (χ4n) is 2.06. The van der Waals surface area contributed by atoms with Gasteiger partial charge in [0.2, 0.25) is 0 Å². The summed E-state index contributed by atoms with van der Waals surface area (Å²) in [5, 5.41) is 3.26. The van der Waals surface area contributed by atoms with Crippen LogP contribution >= 0.6 is 11.6 Å². The zero-order valence-electron chi connectivity index (χ0n) is 12.3. The number of hydrogen-bond donors (Lipinski definition) is 1. The van der Waals surface area contributed by atoms with Crippen molar-refractivity contribution >= 4 is 17.5 Å². The smallest absolute Gasteiger partial charge is 0.251 e. The molecule has 0 aromatic carbocycles. The second-order valence-corrected chi connectivity index (χ2v) is 5.19. The normalized spacial score (nSPS) is 10.6. The van der Waals surface area contributed by atoms with E-state index in [0.29, 0.717) is 17.3 Å². The zero-order chi connectivity index (χ0) is 15.2. The van der Waals surface area contributed by atoms with Crippen molar-refractivity contribution in [3.8, 4) is 0 Å². The number of aromatic nitrogens is 3. The highest BCUT2D eigenvalue weighted by molar-refractivity contribution is 6.29. The number of hydrogen-bond acceptors (Lipinski definition) is 3. The van der Waals surface area contributed by atoms with Gasteiger partial charge in [0.25, 0.3) is 5.91 Å². The van der Waals surface area contributed by atoms with E-state index in [4.69, 9.17) is 11.6 Å². The number of halogens is 1. The Hall–Kier alpha value is -1.88. The first kappa shape index (κ1) is 15.5. The zero-order valence-corrected chi connectivity index (χ0v) is 13.0. The topological polar surface area (TPSA) is 59.8 Å². The minimum atomic E-state index is -0.114. The molecule has 2 rings (SSSR count). The molecule has 0 unspecified atom stereocenters. The third-order valence-corrected chi connectivity index (χ3v) is 3.45. The molecular weight excluding hydrogens is 288 g/mol. The van der Waals surface area contributed by atoms with Crippen molar-refractivity contribution < 1.29 is 4.79 Å². The molecule has 1 amide bonds. The van der Waals surface area contributed by atoms with Gasteiger partial charge < -0.3 is 9.88 Å². The summed E-state index contributed by atoms with van der Waals surface area (Å²) in [6.45, 7) is 5.39. The SMILES string of the molecule is CCc1cc(C(=O)NCCCn2ccnc2C)cc(Cl)n1. The Bertz CT molecular complexity index is 624. The summed E-state index contributed by atoms with van der Waals surface area (Å²) < 4.78 is 2.06. The van der Waals surface area contributed by atoms with Crippen molar-refractivity contribution in [2.24, 2.45) is 0 Å². The van der Waals surface area contributed by atoms with Gasteiger partial charge in [-0.3, -0.25) is 4.79 Å². The van der Waals surface area contributed by atoms with E-state index in [1.165, 1.54) is 0 Å². The van der Waals surface area contributed by atoms with E-state index in [2.05, 4.69) is 19.9 Å². The van der Waals surface area contributed by atoms with E-state index in [1.807, 2.05) is 20.0 Å². The van der Waals surface area contributed by atoms with Crippen LogP contribution in [-0.4, -0.2) is 27.0 Å². The molecule has 112 valence electrons. The first-order chi connectivity index (χ1) is 10.1. The second-order valence-electron chi connectivity index (χ2n) is 4.80. The van der Waals surface area contributed by atoms with Crippen molar-refractivity contribution in [3.63, 3.8) is 0 Å². The molecule has 1 N–H and O–H groups in total. The minimum absolute atomic E-state index is 0.114. The summed E-state index contributed by atoms with van der Waals surface area (Å²) in [5.41, 5.74) is 1.38. The molecule has 21 heavy (non-hydrogen) atoms. The number of amides is 1. The molecule has 0 radical (unpaired) electrons. The molecule has 0 fully saturated rings. The molecule has 0 saturated carbocycles. The van der Waals surface area contributed by atoms with Crippen LogP contribution in [0.5, 0.6) is 0 Å². The maximum atomic E-state index is 12.1. The lowest BCUT2D eigenvalue weighted by molar-refractivity contribution is 0.0952. The predicted molar refractivity (Wildman–Crippen MR) is 82.5 cm³/mol. The van der Waals surface area contributed by atoms with Crippen molar-refractivity contribution in [1.29, 1.82) is 0 Å². The van der Waals surface area contributed by atoms with Gasteiger partial charge in [-0.25, -0.2) is 9.97 Å². The highest BCUT2D eigenvalue weighted by atomic mass is 35.5.